The molecule has 0 aliphatic heterocycles. The number of primary amides is 1. The molecule has 0 aliphatic carbocycles. The van der Waals surface area contributed by atoms with E-state index in [1.165, 1.54) is 6.07 Å². The van der Waals surface area contributed by atoms with Gasteiger partial charge in [-0.25, -0.2) is 13.8 Å². The molecular formula is C23H14BF5N4O5. The van der Waals surface area contributed by atoms with Gasteiger partial charge >= 0.3 is 6.18 Å². The van der Waals surface area contributed by atoms with Crippen LogP contribution in [0, 0.1) is 18.6 Å². The van der Waals surface area contributed by atoms with Crippen molar-refractivity contribution in [2.24, 2.45) is 5.73 Å². The molecule has 5 N–H and O–H groups in total. The highest BCUT2D eigenvalue weighted by molar-refractivity contribution is 6.13. The molecule has 0 saturated heterocycles. The number of pyridine rings is 3. The third-order valence-corrected chi connectivity index (χ3v) is 5.45. The number of ether oxygens (including phenoxy) is 1. The molecule has 0 bridgehead atoms. The fraction of sp³-hybridized carbons (Fsp3) is 0.130. The lowest BCUT2D eigenvalue weighted by atomic mass is 9.86. The van der Waals surface area contributed by atoms with Crippen LogP contribution in [0.5, 0.6) is 11.5 Å². The maximum absolute atomic E-state index is 14.4. The van der Waals surface area contributed by atoms with Gasteiger partial charge in [0.25, 0.3) is 5.91 Å². The van der Waals surface area contributed by atoms with Gasteiger partial charge in [0, 0.05) is 17.8 Å². The molecule has 3 aromatic heterocycles. The van der Waals surface area contributed by atoms with Crippen LogP contribution in [0.15, 0.2) is 41.5 Å². The van der Waals surface area contributed by atoms with Crippen molar-refractivity contribution >= 4 is 24.7 Å². The Morgan fingerprint density at radius 2 is 1.82 bits per heavy atom. The minimum absolute atomic E-state index is 0.0211. The number of nitrogens with one attached hydrogen (secondary N) is 1. The Labute approximate surface area is 210 Å². The van der Waals surface area contributed by atoms with Gasteiger partial charge in [0.15, 0.2) is 30.7 Å². The molecule has 9 nitrogen and oxygen atoms in total. The quantitative estimate of drug-likeness (QED) is 0.175. The van der Waals surface area contributed by atoms with Crippen LogP contribution < -0.4 is 15.9 Å². The van der Waals surface area contributed by atoms with E-state index in [-0.39, 0.29) is 22.3 Å². The molecule has 1 amide bonds. The molecule has 0 unspecified atom stereocenters. The van der Waals surface area contributed by atoms with Crippen molar-refractivity contribution in [2.75, 3.05) is 0 Å². The number of aromatic amines is 1. The summed E-state index contributed by atoms with van der Waals surface area (Å²) in [6.07, 6.45) is -3.22. The number of carbonyl (C=O) groups excluding carboxylic acids is 1. The van der Waals surface area contributed by atoms with Crippen molar-refractivity contribution in [3.8, 4) is 22.8 Å². The zero-order chi connectivity index (χ0) is 28.2. The van der Waals surface area contributed by atoms with Crippen LogP contribution in [0.2, 0.25) is 0 Å². The fourth-order valence-corrected chi connectivity index (χ4v) is 3.89. The number of H-pyrrole nitrogens is 1. The van der Waals surface area contributed by atoms with Gasteiger partial charge in [0.1, 0.15) is 22.8 Å². The number of aromatic nitrogens is 3. The highest BCUT2D eigenvalue weighted by Crippen LogP contribution is 2.42. The Kier molecular flexibility index (Phi) is 6.45. The van der Waals surface area contributed by atoms with Crippen molar-refractivity contribution in [3.63, 3.8) is 0 Å². The number of nitrogens with zero attached hydrogens (tertiary/aromatic N) is 2. The minimum Gasteiger partial charge on any atom is -0.454 e. The van der Waals surface area contributed by atoms with Crippen molar-refractivity contribution in [1.29, 1.82) is 0 Å². The summed E-state index contributed by atoms with van der Waals surface area (Å²) in [6.45, 7) is 1.01. The molecule has 2 radical (unpaired) electrons. The number of aliphatic hydroxyl groups is 2. The monoisotopic (exact) mass is 532 g/mol. The summed E-state index contributed by atoms with van der Waals surface area (Å²) < 4.78 is 74.7. The average molecular weight is 532 g/mol. The van der Waals surface area contributed by atoms with E-state index in [0.29, 0.717) is 12.3 Å². The smallest absolute Gasteiger partial charge is 0.433 e. The number of nitrogens with two attached hydrogens (primary N) is 1. The average Bonchev–Trinajstić information content (AvgIpc) is 2.79. The summed E-state index contributed by atoms with van der Waals surface area (Å²) in [7, 11) is 5.13. The molecular weight excluding hydrogens is 518 g/mol. The SMILES string of the molecule is [B]C(O)(O)c1c(Oc2cnc(C(F)(F)F)c(C)c2-c2cc(=O)c3c(C(N)=O)nccc3[nH]2)ccc(F)c1F. The molecule has 4 rings (SSSR count). The molecule has 4 aromatic rings. The number of amides is 1. The first-order chi connectivity index (χ1) is 17.6. The standard InChI is InChI=1S/C23H14BF5N4O5/c1-8-15(11-6-12(34)16-10(33-11)4-5-31-19(16)21(30)35)14(7-32-20(8)23(27,28)29)38-13-3-2-9(25)18(26)17(13)22(24,36)37/h2-7,36-37H,1H3,(H2,30,35)(H,33,34). The number of rotatable bonds is 5. The molecule has 1 aromatic carbocycles. The van der Waals surface area contributed by atoms with Crippen LogP contribution in [-0.4, -0.2) is 38.9 Å². The summed E-state index contributed by atoms with van der Waals surface area (Å²) in [5.41, 5.74) is -3.28. The van der Waals surface area contributed by atoms with E-state index in [1.54, 1.807) is 0 Å². The second kappa shape index (κ2) is 9.18. The van der Waals surface area contributed by atoms with E-state index in [9.17, 15) is 41.8 Å². The van der Waals surface area contributed by atoms with Crippen molar-refractivity contribution in [2.45, 2.75) is 18.8 Å². The van der Waals surface area contributed by atoms with E-state index >= 15 is 0 Å². The lowest BCUT2D eigenvalue weighted by molar-refractivity contribution is -0.141. The molecule has 3 heterocycles. The third kappa shape index (κ3) is 4.68. The topological polar surface area (TPSA) is 151 Å². The first kappa shape index (κ1) is 26.7. The lowest BCUT2D eigenvalue weighted by Crippen LogP contribution is -2.27. The summed E-state index contributed by atoms with van der Waals surface area (Å²) in [5, 5.41) is 19.3. The number of benzene rings is 1. The molecule has 15 heteroatoms. The Balaban J connectivity index is 2.03. The van der Waals surface area contributed by atoms with Gasteiger partial charge in [-0.3, -0.25) is 14.6 Å². The summed E-state index contributed by atoms with van der Waals surface area (Å²) >= 11 is 0. The number of fused-ring (bicyclic) bond motifs is 1. The number of halogens is 5. The summed E-state index contributed by atoms with van der Waals surface area (Å²) in [5.74, 6) is -5.65. The molecule has 0 spiro atoms. The Hall–Kier alpha value is -4.37. The Morgan fingerprint density at radius 1 is 1.13 bits per heavy atom. The van der Waals surface area contributed by atoms with Crippen LogP contribution >= 0.6 is 0 Å². The second-order valence-electron chi connectivity index (χ2n) is 8.03. The summed E-state index contributed by atoms with van der Waals surface area (Å²) in [6, 6.07) is 3.43. The predicted molar refractivity (Wildman–Crippen MR) is 122 cm³/mol. The Morgan fingerprint density at radius 3 is 2.42 bits per heavy atom. The third-order valence-electron chi connectivity index (χ3n) is 5.45. The highest BCUT2D eigenvalue weighted by Gasteiger charge is 2.37. The molecule has 38 heavy (non-hydrogen) atoms. The number of alkyl halides is 3. The molecule has 0 saturated carbocycles. The molecule has 0 fully saturated rings. The normalized spacial score (nSPS) is 12.1. The summed E-state index contributed by atoms with van der Waals surface area (Å²) in [4.78, 5) is 34.4. The van der Waals surface area contributed by atoms with Crippen LogP contribution in [0.3, 0.4) is 0 Å². The number of hydrogen-bond acceptors (Lipinski definition) is 7. The van der Waals surface area contributed by atoms with Crippen molar-refractivity contribution in [1.82, 2.24) is 15.0 Å². The zero-order valence-electron chi connectivity index (χ0n) is 19.0. The van der Waals surface area contributed by atoms with Crippen LogP contribution in [0.25, 0.3) is 22.2 Å². The van der Waals surface area contributed by atoms with Crippen LogP contribution in [0.4, 0.5) is 22.0 Å². The first-order valence-electron chi connectivity index (χ1n) is 10.4. The van der Waals surface area contributed by atoms with Gasteiger partial charge in [-0.15, -0.1) is 0 Å². The highest BCUT2D eigenvalue weighted by atomic mass is 19.4. The first-order valence-corrected chi connectivity index (χ1v) is 10.4. The van der Waals surface area contributed by atoms with E-state index < -0.39 is 68.7 Å². The van der Waals surface area contributed by atoms with Crippen LogP contribution in [-0.2, 0) is 11.9 Å². The van der Waals surface area contributed by atoms with Gasteiger partial charge in [0.05, 0.1) is 28.4 Å². The molecule has 0 aliphatic rings. The fourth-order valence-electron chi connectivity index (χ4n) is 3.89. The number of hydrogen-bond donors (Lipinski definition) is 4. The number of carbonyl (C=O) groups is 1. The maximum atomic E-state index is 14.4. The largest absolute Gasteiger partial charge is 0.454 e. The van der Waals surface area contributed by atoms with E-state index in [1.807, 2.05) is 0 Å². The molecule has 0 atom stereocenters. The van der Waals surface area contributed by atoms with Crippen LogP contribution in [0.1, 0.15) is 27.3 Å². The lowest BCUT2D eigenvalue weighted by Gasteiger charge is -2.23. The second-order valence-corrected chi connectivity index (χ2v) is 8.03. The van der Waals surface area contributed by atoms with Gasteiger partial charge in [0.2, 0.25) is 0 Å². The zero-order valence-corrected chi connectivity index (χ0v) is 19.0. The van der Waals surface area contributed by atoms with Crippen molar-refractivity contribution in [3.05, 3.63) is 81.0 Å². The van der Waals surface area contributed by atoms with E-state index in [0.717, 1.165) is 25.3 Å². The predicted octanol–water partition coefficient (Wildman–Crippen LogP) is 2.75. The van der Waals surface area contributed by atoms with Gasteiger partial charge in [-0.1, -0.05) is 0 Å². The molecule has 194 valence electrons. The van der Waals surface area contributed by atoms with E-state index in [2.05, 4.69) is 15.0 Å². The van der Waals surface area contributed by atoms with Gasteiger partial charge in [-0.2, -0.15) is 13.2 Å². The minimum atomic E-state index is -4.95. The van der Waals surface area contributed by atoms with Gasteiger partial charge in [-0.05, 0) is 30.7 Å². The maximum Gasteiger partial charge on any atom is 0.433 e. The Bertz CT molecular complexity index is 1670. The van der Waals surface area contributed by atoms with Crippen molar-refractivity contribution < 1.29 is 41.7 Å². The van der Waals surface area contributed by atoms with Gasteiger partial charge < -0.3 is 25.7 Å². The van der Waals surface area contributed by atoms with E-state index in [4.69, 9.17) is 18.3 Å².